The molecule has 1 heterocycles. The molecule has 1 aromatic carbocycles. The van der Waals surface area contributed by atoms with Crippen LogP contribution < -0.4 is 5.32 Å². The Morgan fingerprint density at radius 2 is 2.33 bits per heavy atom. The van der Waals surface area contributed by atoms with Crippen LogP contribution >= 0.6 is 12.6 Å². The molecule has 0 aliphatic rings. The Balaban J connectivity index is 1.89. The average Bonchev–Trinajstić information content (AvgIpc) is 2.85. The second-order valence-corrected chi connectivity index (χ2v) is 4.07. The number of aromatic nitrogens is 3. The van der Waals surface area contributed by atoms with E-state index < -0.39 is 5.82 Å². The van der Waals surface area contributed by atoms with E-state index in [9.17, 15) is 9.18 Å². The fraction of sp³-hybridized carbons (Fsp3) is 0.182. The van der Waals surface area contributed by atoms with E-state index in [4.69, 9.17) is 0 Å². The number of nitrogens with one attached hydrogen (secondary N) is 1. The number of carbonyl (C=O) groups is 1. The molecule has 0 aliphatic heterocycles. The largest absolute Gasteiger partial charge is 0.350 e. The molecule has 0 saturated heterocycles. The highest BCUT2D eigenvalue weighted by Gasteiger charge is 2.07. The third-order valence-corrected chi connectivity index (χ3v) is 2.65. The van der Waals surface area contributed by atoms with Crippen molar-refractivity contribution in [3.8, 4) is 0 Å². The first-order valence-electron chi connectivity index (χ1n) is 5.27. The van der Waals surface area contributed by atoms with Gasteiger partial charge in [0.1, 0.15) is 5.82 Å². The van der Waals surface area contributed by atoms with Crippen molar-refractivity contribution in [2.24, 2.45) is 0 Å². The lowest BCUT2D eigenvalue weighted by Gasteiger charge is -2.05. The molecule has 5 nitrogen and oxygen atoms in total. The smallest absolute Gasteiger partial charge is 0.251 e. The maximum Gasteiger partial charge on any atom is 0.251 e. The second-order valence-electron chi connectivity index (χ2n) is 3.59. The van der Waals surface area contributed by atoms with Gasteiger partial charge in [-0.3, -0.25) is 9.48 Å². The van der Waals surface area contributed by atoms with Crippen molar-refractivity contribution in [2.75, 3.05) is 6.54 Å². The highest BCUT2D eigenvalue weighted by Crippen LogP contribution is 2.13. The third-order valence-electron chi connectivity index (χ3n) is 2.31. The van der Waals surface area contributed by atoms with Gasteiger partial charge in [0, 0.05) is 23.2 Å². The van der Waals surface area contributed by atoms with Crippen molar-refractivity contribution >= 4 is 18.5 Å². The van der Waals surface area contributed by atoms with Crippen molar-refractivity contribution in [3.63, 3.8) is 0 Å². The van der Waals surface area contributed by atoms with Crippen LogP contribution in [0.1, 0.15) is 10.4 Å². The molecule has 0 spiro atoms. The Morgan fingerprint density at radius 3 is 3.00 bits per heavy atom. The van der Waals surface area contributed by atoms with Crippen LogP contribution in [0.3, 0.4) is 0 Å². The molecule has 0 aliphatic carbocycles. The van der Waals surface area contributed by atoms with Gasteiger partial charge < -0.3 is 5.32 Å². The van der Waals surface area contributed by atoms with Gasteiger partial charge in [0.2, 0.25) is 0 Å². The fourth-order valence-corrected chi connectivity index (χ4v) is 1.61. The number of rotatable bonds is 4. The van der Waals surface area contributed by atoms with Gasteiger partial charge in [0.05, 0.1) is 12.7 Å². The first kappa shape index (κ1) is 12.6. The molecule has 0 bridgehead atoms. The Labute approximate surface area is 108 Å². The van der Waals surface area contributed by atoms with E-state index in [2.05, 4.69) is 28.3 Å². The molecule has 2 rings (SSSR count). The molecule has 0 unspecified atom stereocenters. The molecule has 0 radical (unpaired) electrons. The number of thiol groups is 1. The average molecular weight is 266 g/mol. The monoisotopic (exact) mass is 266 g/mol. The lowest BCUT2D eigenvalue weighted by Crippen LogP contribution is -2.27. The van der Waals surface area contributed by atoms with Crippen LogP contribution in [0.5, 0.6) is 0 Å². The zero-order valence-corrected chi connectivity index (χ0v) is 10.3. The Kier molecular flexibility index (Phi) is 3.93. The van der Waals surface area contributed by atoms with E-state index in [0.717, 1.165) is 0 Å². The summed E-state index contributed by atoms with van der Waals surface area (Å²) in [6.07, 6.45) is 3.27. The maximum atomic E-state index is 13.0. The maximum absolute atomic E-state index is 13.0. The molecule has 1 aromatic heterocycles. The van der Waals surface area contributed by atoms with E-state index in [0.29, 0.717) is 18.7 Å². The quantitative estimate of drug-likeness (QED) is 0.816. The van der Waals surface area contributed by atoms with Crippen molar-refractivity contribution in [1.82, 2.24) is 20.3 Å². The van der Waals surface area contributed by atoms with Crippen molar-refractivity contribution < 1.29 is 9.18 Å². The zero-order chi connectivity index (χ0) is 13.0. The fourth-order valence-electron chi connectivity index (χ4n) is 1.39. The molecule has 18 heavy (non-hydrogen) atoms. The van der Waals surface area contributed by atoms with E-state index in [1.54, 1.807) is 17.1 Å². The van der Waals surface area contributed by atoms with E-state index in [1.165, 1.54) is 18.2 Å². The molecular weight excluding hydrogens is 255 g/mol. The lowest BCUT2D eigenvalue weighted by atomic mass is 10.2. The highest BCUT2D eigenvalue weighted by molar-refractivity contribution is 7.80. The van der Waals surface area contributed by atoms with Crippen molar-refractivity contribution in [1.29, 1.82) is 0 Å². The van der Waals surface area contributed by atoms with Gasteiger partial charge >= 0.3 is 0 Å². The van der Waals surface area contributed by atoms with Crippen LogP contribution in [0.2, 0.25) is 0 Å². The summed E-state index contributed by atoms with van der Waals surface area (Å²) in [5.41, 5.74) is 0.375. The van der Waals surface area contributed by atoms with Gasteiger partial charge in [0.15, 0.2) is 0 Å². The zero-order valence-electron chi connectivity index (χ0n) is 9.38. The van der Waals surface area contributed by atoms with E-state index >= 15 is 0 Å². The van der Waals surface area contributed by atoms with Crippen molar-refractivity contribution in [2.45, 2.75) is 11.4 Å². The highest BCUT2D eigenvalue weighted by atomic mass is 32.1. The molecule has 0 atom stereocenters. The first-order valence-corrected chi connectivity index (χ1v) is 5.72. The van der Waals surface area contributed by atoms with Gasteiger partial charge in [-0.2, -0.15) is 0 Å². The lowest BCUT2D eigenvalue weighted by molar-refractivity contribution is 0.0951. The minimum Gasteiger partial charge on any atom is -0.350 e. The van der Waals surface area contributed by atoms with Crippen LogP contribution in [0, 0.1) is 5.82 Å². The van der Waals surface area contributed by atoms with Crippen LogP contribution in [0.15, 0.2) is 35.5 Å². The van der Waals surface area contributed by atoms with Crippen LogP contribution in [-0.4, -0.2) is 27.4 Å². The van der Waals surface area contributed by atoms with E-state index in [-0.39, 0.29) is 10.8 Å². The molecule has 1 amide bonds. The van der Waals surface area contributed by atoms with Gasteiger partial charge in [0.25, 0.3) is 5.91 Å². The third kappa shape index (κ3) is 3.07. The number of benzene rings is 1. The summed E-state index contributed by atoms with van der Waals surface area (Å²) in [5.74, 6) is -0.720. The summed E-state index contributed by atoms with van der Waals surface area (Å²) in [6.45, 7) is 0.947. The molecule has 0 saturated carbocycles. The van der Waals surface area contributed by atoms with Gasteiger partial charge in [-0.15, -0.1) is 17.7 Å². The second kappa shape index (κ2) is 5.63. The van der Waals surface area contributed by atoms with Crippen LogP contribution in [0.4, 0.5) is 4.39 Å². The summed E-state index contributed by atoms with van der Waals surface area (Å²) in [6, 6.07) is 4.03. The molecule has 2 aromatic rings. The molecular formula is C11H11FN4OS. The number of halogens is 1. The minimum absolute atomic E-state index is 0.152. The Hall–Kier alpha value is -1.89. The SMILES string of the molecule is O=C(NCCn1ccnn1)c1ccc(F)c(S)c1. The van der Waals surface area contributed by atoms with E-state index in [1.807, 2.05) is 0 Å². The number of carbonyl (C=O) groups excluding carboxylic acids is 1. The number of hydrogen-bond donors (Lipinski definition) is 2. The summed E-state index contributed by atoms with van der Waals surface area (Å²) in [7, 11) is 0. The van der Waals surface area contributed by atoms with Gasteiger partial charge in [-0.25, -0.2) is 4.39 Å². The molecule has 0 fully saturated rings. The van der Waals surface area contributed by atoms with Gasteiger partial charge in [-0.05, 0) is 18.2 Å². The number of amides is 1. The van der Waals surface area contributed by atoms with Gasteiger partial charge in [-0.1, -0.05) is 5.21 Å². The predicted octanol–water partition coefficient (Wildman–Crippen LogP) is 1.14. The normalized spacial score (nSPS) is 10.3. The van der Waals surface area contributed by atoms with Crippen LogP contribution in [0.25, 0.3) is 0 Å². The first-order chi connectivity index (χ1) is 8.66. The summed E-state index contributed by atoms with van der Waals surface area (Å²) in [5, 5.41) is 10.1. The predicted molar refractivity (Wildman–Crippen MR) is 66.0 cm³/mol. The summed E-state index contributed by atoms with van der Waals surface area (Å²) >= 11 is 3.92. The minimum atomic E-state index is -0.447. The van der Waals surface area contributed by atoms with Crippen molar-refractivity contribution in [3.05, 3.63) is 42.0 Å². The number of nitrogens with zero attached hydrogens (tertiary/aromatic N) is 3. The number of hydrogen-bond acceptors (Lipinski definition) is 4. The summed E-state index contributed by atoms with van der Waals surface area (Å²) in [4.78, 5) is 11.9. The molecule has 94 valence electrons. The topological polar surface area (TPSA) is 59.8 Å². The Morgan fingerprint density at radius 1 is 1.50 bits per heavy atom. The van der Waals surface area contributed by atoms with Crippen LogP contribution in [-0.2, 0) is 6.54 Å². The molecule has 7 heteroatoms. The standard InChI is InChI=1S/C11H11FN4OS/c12-9-2-1-8(7-10(9)18)11(17)13-3-5-16-6-4-14-15-16/h1-2,4,6-7,18H,3,5H2,(H,13,17). The molecule has 1 N–H and O–H groups in total. The Bertz CT molecular complexity index is 544. The summed E-state index contributed by atoms with van der Waals surface area (Å²) < 4.78 is 14.6.